The number of nitrogens with one attached hydrogen (secondary N) is 3. The van der Waals surface area contributed by atoms with Gasteiger partial charge in [0, 0.05) is 60.4 Å². The Hall–Kier alpha value is -3.87. The number of rotatable bonds is 12. The van der Waals surface area contributed by atoms with Crippen molar-refractivity contribution in [2.75, 3.05) is 20.8 Å². The average molecular weight is 679 g/mol. The highest BCUT2D eigenvalue weighted by Gasteiger charge is 2.24. The van der Waals surface area contributed by atoms with Gasteiger partial charge in [-0.1, -0.05) is 59.6 Å². The molecule has 2 aromatic heterocycles. The highest BCUT2D eigenvalue weighted by atomic mass is 35.5. The number of ether oxygens (including phenoxy) is 2. The van der Waals surface area contributed by atoms with Crippen LogP contribution in [-0.4, -0.2) is 69.9 Å². The van der Waals surface area contributed by atoms with Gasteiger partial charge in [0.1, 0.15) is 11.4 Å². The fourth-order valence-corrected chi connectivity index (χ4v) is 6.73. The molecule has 1 aliphatic heterocycles. The Morgan fingerprint density at radius 1 is 0.851 bits per heavy atom. The van der Waals surface area contributed by atoms with Crippen molar-refractivity contribution in [1.82, 2.24) is 35.9 Å². The second kappa shape index (κ2) is 14.9. The van der Waals surface area contributed by atoms with Crippen LogP contribution in [0, 0.1) is 0 Å². The first-order valence-electron chi connectivity index (χ1n) is 15.6. The number of benzene rings is 2. The third-order valence-electron chi connectivity index (χ3n) is 8.58. The molecule has 13 heteroatoms. The summed E-state index contributed by atoms with van der Waals surface area (Å²) >= 11 is 14.1. The Morgan fingerprint density at radius 2 is 1.43 bits per heavy atom. The van der Waals surface area contributed by atoms with Crippen molar-refractivity contribution in [2.24, 2.45) is 0 Å². The molecule has 2 fully saturated rings. The van der Waals surface area contributed by atoms with Crippen molar-refractivity contribution < 1.29 is 19.4 Å². The molecule has 3 atom stereocenters. The fourth-order valence-electron chi connectivity index (χ4n) is 6.08. The van der Waals surface area contributed by atoms with Crippen molar-refractivity contribution in [3.05, 3.63) is 70.2 Å². The van der Waals surface area contributed by atoms with E-state index < -0.39 is 0 Å². The molecule has 0 spiro atoms. The Balaban J connectivity index is 1.22. The van der Waals surface area contributed by atoms with Gasteiger partial charge in [-0.05, 0) is 25.7 Å². The number of carbonyl (C=O) groups is 1. The van der Waals surface area contributed by atoms with E-state index in [4.69, 9.17) is 42.6 Å². The van der Waals surface area contributed by atoms with Crippen LogP contribution < -0.4 is 25.4 Å². The topological polar surface area (TPSA) is 143 Å². The molecule has 0 radical (unpaired) electrons. The molecule has 2 aliphatic rings. The number of methoxy groups -OCH3 is 2. The molecule has 1 aliphatic carbocycles. The van der Waals surface area contributed by atoms with E-state index in [1.165, 1.54) is 0 Å². The first-order valence-corrected chi connectivity index (χ1v) is 16.4. The summed E-state index contributed by atoms with van der Waals surface area (Å²) in [5.41, 5.74) is 5.27. The van der Waals surface area contributed by atoms with Crippen LogP contribution in [0.3, 0.4) is 0 Å². The Morgan fingerprint density at radius 3 is 1.94 bits per heavy atom. The maximum atomic E-state index is 11.5. The van der Waals surface area contributed by atoms with Gasteiger partial charge >= 0.3 is 0 Å². The largest absolute Gasteiger partial charge is 0.480 e. The summed E-state index contributed by atoms with van der Waals surface area (Å²) in [7, 11) is 3.12. The standard InChI is InChI=1S/C34H37Cl2N7O4/c1-46-33-28(15-37-14-20-10-12-30(45)41-20)39-16-26(42-33)24-7-3-5-22(31(24)35)23-6-4-8-25(32(23)36)27-17-40-29(34(43-27)47-2)18-38-19-9-11-21(44)13-19/h3-8,16-17,19-21,37-38,44H,9-15,18H2,1-2H3,(H,41,45)/t19-,20-,21?/m0/s1. The smallest absolute Gasteiger partial charge is 0.237 e. The Labute approximate surface area is 283 Å². The normalized spacial score (nSPS) is 19.2. The van der Waals surface area contributed by atoms with Gasteiger partial charge in [0.25, 0.3) is 0 Å². The molecule has 1 amide bonds. The predicted octanol–water partition coefficient (Wildman–Crippen LogP) is 4.96. The fraction of sp³-hybridized carbons (Fsp3) is 0.382. The van der Waals surface area contributed by atoms with Crippen LogP contribution in [0.4, 0.5) is 0 Å². The van der Waals surface area contributed by atoms with E-state index in [2.05, 4.69) is 25.9 Å². The van der Waals surface area contributed by atoms with Gasteiger partial charge in [0.15, 0.2) is 0 Å². The van der Waals surface area contributed by atoms with Crippen molar-refractivity contribution in [1.29, 1.82) is 0 Å². The van der Waals surface area contributed by atoms with Gasteiger partial charge in [-0.25, -0.2) is 9.97 Å². The SMILES string of the molecule is COc1nc(-c2cccc(-c3cccc(-c4cnc(CN[C@H]5CCC(O)C5)c(OC)n4)c3Cl)c2Cl)cnc1CNC[C@@H]1CCC(=O)N1. The summed E-state index contributed by atoms with van der Waals surface area (Å²) in [5, 5.41) is 20.5. The van der Waals surface area contributed by atoms with Crippen LogP contribution in [0.2, 0.25) is 10.0 Å². The van der Waals surface area contributed by atoms with Gasteiger partial charge in [-0.15, -0.1) is 0 Å². The highest BCUT2D eigenvalue weighted by Crippen LogP contribution is 2.42. The van der Waals surface area contributed by atoms with Crippen molar-refractivity contribution in [2.45, 2.75) is 63.4 Å². The van der Waals surface area contributed by atoms with Crippen LogP contribution in [-0.2, 0) is 17.9 Å². The number of hydrogen-bond donors (Lipinski definition) is 4. The molecule has 1 saturated carbocycles. The van der Waals surface area contributed by atoms with Gasteiger partial charge in [0.2, 0.25) is 17.7 Å². The summed E-state index contributed by atoms with van der Waals surface area (Å²) < 4.78 is 11.2. The zero-order valence-corrected chi connectivity index (χ0v) is 27.7. The summed E-state index contributed by atoms with van der Waals surface area (Å²) in [4.78, 5) is 30.2. The zero-order valence-electron chi connectivity index (χ0n) is 26.2. The molecule has 246 valence electrons. The van der Waals surface area contributed by atoms with E-state index in [-0.39, 0.29) is 24.1 Å². The number of amides is 1. The van der Waals surface area contributed by atoms with Crippen molar-refractivity contribution >= 4 is 29.1 Å². The quantitative estimate of drug-likeness (QED) is 0.162. The van der Waals surface area contributed by atoms with Crippen LogP contribution >= 0.6 is 23.2 Å². The van der Waals surface area contributed by atoms with E-state index in [9.17, 15) is 9.90 Å². The summed E-state index contributed by atoms with van der Waals surface area (Å²) in [6.45, 7) is 1.56. The van der Waals surface area contributed by atoms with E-state index in [0.29, 0.717) is 81.8 Å². The minimum absolute atomic E-state index is 0.0827. The lowest BCUT2D eigenvalue weighted by atomic mass is 9.98. The minimum atomic E-state index is -0.255. The molecule has 2 aromatic carbocycles. The van der Waals surface area contributed by atoms with Gasteiger partial charge in [0.05, 0.1) is 54.2 Å². The Kier molecular flexibility index (Phi) is 10.5. The highest BCUT2D eigenvalue weighted by molar-refractivity contribution is 6.39. The van der Waals surface area contributed by atoms with Crippen LogP contribution in [0.5, 0.6) is 11.8 Å². The van der Waals surface area contributed by atoms with Crippen LogP contribution in [0.1, 0.15) is 43.5 Å². The molecule has 4 aromatic rings. The van der Waals surface area contributed by atoms with E-state index in [1.807, 2.05) is 36.4 Å². The van der Waals surface area contributed by atoms with E-state index >= 15 is 0 Å². The molecule has 0 bridgehead atoms. The first kappa shape index (κ1) is 33.0. The third-order valence-corrected chi connectivity index (χ3v) is 9.39. The summed E-state index contributed by atoms with van der Waals surface area (Å²) in [6, 6.07) is 11.7. The lowest BCUT2D eigenvalue weighted by molar-refractivity contribution is -0.119. The molecule has 6 rings (SSSR count). The summed E-state index contributed by atoms with van der Waals surface area (Å²) in [6.07, 6.45) is 6.93. The van der Waals surface area contributed by atoms with Gasteiger partial charge in [-0.2, -0.15) is 0 Å². The van der Waals surface area contributed by atoms with Crippen molar-refractivity contribution in [3.63, 3.8) is 0 Å². The number of aromatic nitrogens is 4. The number of aliphatic hydroxyl groups is 1. The molecule has 47 heavy (non-hydrogen) atoms. The van der Waals surface area contributed by atoms with Crippen LogP contribution in [0.25, 0.3) is 33.6 Å². The molecule has 1 saturated heterocycles. The Bertz CT molecular complexity index is 1760. The van der Waals surface area contributed by atoms with Gasteiger partial charge in [-0.3, -0.25) is 14.8 Å². The second-order valence-corrected chi connectivity index (χ2v) is 12.5. The summed E-state index contributed by atoms with van der Waals surface area (Å²) in [5.74, 6) is 0.879. The molecular formula is C34H37Cl2N7O4. The van der Waals surface area contributed by atoms with E-state index in [1.54, 1.807) is 26.6 Å². The molecular weight excluding hydrogens is 641 g/mol. The monoisotopic (exact) mass is 677 g/mol. The molecule has 1 unspecified atom stereocenters. The second-order valence-electron chi connectivity index (χ2n) is 11.7. The minimum Gasteiger partial charge on any atom is -0.480 e. The number of aliphatic hydroxyl groups excluding tert-OH is 1. The number of halogens is 2. The first-order chi connectivity index (χ1) is 22.8. The number of hydrogen-bond acceptors (Lipinski definition) is 10. The predicted molar refractivity (Wildman–Crippen MR) is 180 cm³/mol. The lowest BCUT2D eigenvalue weighted by Crippen LogP contribution is -2.35. The zero-order chi connectivity index (χ0) is 32.9. The number of nitrogens with zero attached hydrogens (tertiary/aromatic N) is 4. The third kappa shape index (κ3) is 7.50. The maximum Gasteiger partial charge on any atom is 0.237 e. The van der Waals surface area contributed by atoms with E-state index in [0.717, 1.165) is 36.8 Å². The lowest BCUT2D eigenvalue weighted by Gasteiger charge is -2.16. The molecule has 11 nitrogen and oxygen atoms in total. The maximum absolute atomic E-state index is 11.5. The molecule has 4 N–H and O–H groups in total. The molecule has 3 heterocycles. The van der Waals surface area contributed by atoms with Gasteiger partial charge < -0.3 is 30.5 Å². The average Bonchev–Trinajstić information content (AvgIpc) is 3.71. The van der Waals surface area contributed by atoms with Crippen molar-refractivity contribution in [3.8, 4) is 45.4 Å². The van der Waals surface area contributed by atoms with Crippen LogP contribution in [0.15, 0.2) is 48.8 Å². The number of carbonyl (C=O) groups excluding carboxylic acids is 1.